The van der Waals surface area contributed by atoms with Gasteiger partial charge < -0.3 is 15.0 Å². The molecule has 2 unspecified atom stereocenters. The highest BCUT2D eigenvalue weighted by Gasteiger charge is 2.29. The Morgan fingerprint density at radius 1 is 1.07 bits per heavy atom. The van der Waals surface area contributed by atoms with E-state index < -0.39 is 6.04 Å². The van der Waals surface area contributed by atoms with Crippen LogP contribution in [0.4, 0.5) is 0 Å². The summed E-state index contributed by atoms with van der Waals surface area (Å²) >= 11 is 5.96. The van der Waals surface area contributed by atoms with Crippen molar-refractivity contribution in [1.82, 2.24) is 10.2 Å². The summed E-state index contributed by atoms with van der Waals surface area (Å²) in [5, 5.41) is 3.64. The number of benzene rings is 2. The van der Waals surface area contributed by atoms with Gasteiger partial charge in [-0.25, -0.2) is 0 Å². The molecule has 0 saturated heterocycles. The number of amides is 2. The van der Waals surface area contributed by atoms with Gasteiger partial charge in [0.25, 0.3) is 0 Å². The molecule has 2 amide bonds. The first kappa shape index (κ1) is 23.7. The second-order valence-corrected chi connectivity index (χ2v) is 7.85. The molecule has 2 aromatic carbocycles. The molecule has 5 nitrogen and oxygen atoms in total. The Morgan fingerprint density at radius 3 is 2.37 bits per heavy atom. The molecular formula is C24H31ClN2O3. The van der Waals surface area contributed by atoms with E-state index in [1.165, 1.54) is 0 Å². The zero-order valence-electron chi connectivity index (χ0n) is 18.2. The predicted molar refractivity (Wildman–Crippen MR) is 121 cm³/mol. The third kappa shape index (κ3) is 6.77. The molecule has 2 atom stereocenters. The molecule has 0 aromatic heterocycles. The van der Waals surface area contributed by atoms with Gasteiger partial charge in [-0.3, -0.25) is 9.59 Å². The van der Waals surface area contributed by atoms with Crippen molar-refractivity contribution in [3.63, 3.8) is 0 Å². The molecule has 0 aliphatic rings. The average molecular weight is 431 g/mol. The molecule has 1 N–H and O–H groups in total. The first-order chi connectivity index (χ1) is 14.4. The maximum atomic E-state index is 13.3. The fourth-order valence-electron chi connectivity index (χ4n) is 3.21. The van der Waals surface area contributed by atoms with Gasteiger partial charge in [0, 0.05) is 17.6 Å². The predicted octanol–water partition coefficient (Wildman–Crippen LogP) is 4.61. The number of ether oxygens (including phenoxy) is 1. The van der Waals surface area contributed by atoms with Gasteiger partial charge in [0.05, 0.1) is 13.5 Å². The van der Waals surface area contributed by atoms with Gasteiger partial charge in [0.15, 0.2) is 0 Å². The van der Waals surface area contributed by atoms with Crippen LogP contribution in [0.5, 0.6) is 5.75 Å². The van der Waals surface area contributed by atoms with E-state index in [0.29, 0.717) is 18.0 Å². The number of methoxy groups -OCH3 is 1. The molecule has 0 saturated carbocycles. The summed E-state index contributed by atoms with van der Waals surface area (Å²) in [6, 6.07) is 14.3. The van der Waals surface area contributed by atoms with Crippen LogP contribution in [0.15, 0.2) is 48.5 Å². The number of halogens is 1. The van der Waals surface area contributed by atoms with Gasteiger partial charge in [-0.15, -0.1) is 0 Å². The maximum absolute atomic E-state index is 13.3. The highest BCUT2D eigenvalue weighted by Crippen LogP contribution is 2.19. The Bertz CT molecular complexity index is 839. The molecular weight excluding hydrogens is 400 g/mol. The van der Waals surface area contributed by atoms with E-state index in [2.05, 4.69) is 5.32 Å². The molecule has 0 radical (unpaired) electrons. The second-order valence-electron chi connectivity index (χ2n) is 7.42. The summed E-state index contributed by atoms with van der Waals surface area (Å²) in [6.07, 6.45) is 1.56. The first-order valence-electron chi connectivity index (χ1n) is 10.3. The highest BCUT2D eigenvalue weighted by molar-refractivity contribution is 6.30. The van der Waals surface area contributed by atoms with E-state index in [1.54, 1.807) is 24.1 Å². The fourth-order valence-corrected chi connectivity index (χ4v) is 3.33. The molecule has 0 heterocycles. The normalized spacial score (nSPS) is 12.7. The lowest BCUT2D eigenvalue weighted by Crippen LogP contribution is -2.51. The van der Waals surface area contributed by atoms with Crippen LogP contribution in [0.1, 0.15) is 44.7 Å². The lowest BCUT2D eigenvalue weighted by molar-refractivity contribution is -0.141. The summed E-state index contributed by atoms with van der Waals surface area (Å²) in [5.41, 5.74) is 1.77. The van der Waals surface area contributed by atoms with Crippen LogP contribution < -0.4 is 10.1 Å². The molecule has 0 spiro atoms. The van der Waals surface area contributed by atoms with Gasteiger partial charge in [-0.1, -0.05) is 49.7 Å². The summed E-state index contributed by atoms with van der Waals surface area (Å²) in [5.74, 6) is 0.486. The molecule has 0 aliphatic carbocycles. The molecule has 30 heavy (non-hydrogen) atoms. The van der Waals surface area contributed by atoms with Crippen molar-refractivity contribution in [2.45, 2.75) is 58.7 Å². The van der Waals surface area contributed by atoms with Crippen molar-refractivity contribution < 1.29 is 14.3 Å². The Kier molecular flexibility index (Phi) is 9.18. The highest BCUT2D eigenvalue weighted by atomic mass is 35.5. The minimum absolute atomic E-state index is 0.0524. The number of carbonyl (C=O) groups excluding carboxylic acids is 2. The summed E-state index contributed by atoms with van der Waals surface area (Å²) in [7, 11) is 1.61. The third-order valence-electron chi connectivity index (χ3n) is 5.14. The van der Waals surface area contributed by atoms with Crippen molar-refractivity contribution in [1.29, 1.82) is 0 Å². The van der Waals surface area contributed by atoms with Gasteiger partial charge in [0.1, 0.15) is 11.8 Å². The number of hydrogen-bond acceptors (Lipinski definition) is 3. The standard InChI is InChI=1S/C24H31ClN2O3/c1-5-17(3)26-24(29)22(6-2)27(16-19-8-7-9-21(14-19)30-4)23(28)15-18-10-12-20(25)13-11-18/h7-14,17,22H,5-6,15-16H2,1-4H3,(H,26,29). The van der Waals surface area contributed by atoms with E-state index in [1.807, 2.05) is 57.2 Å². The SMILES string of the molecule is CCC(C)NC(=O)C(CC)N(Cc1cccc(OC)c1)C(=O)Cc1ccc(Cl)cc1. The lowest BCUT2D eigenvalue weighted by Gasteiger charge is -2.31. The Labute approximate surface area is 184 Å². The smallest absolute Gasteiger partial charge is 0.243 e. The number of nitrogens with zero attached hydrogens (tertiary/aromatic N) is 1. The Balaban J connectivity index is 2.30. The second kappa shape index (κ2) is 11.6. The van der Waals surface area contributed by atoms with Gasteiger partial charge in [-0.05, 0) is 55.2 Å². The Hall–Kier alpha value is -2.53. The monoisotopic (exact) mass is 430 g/mol. The molecule has 2 aromatic rings. The van der Waals surface area contributed by atoms with Crippen LogP contribution in [0, 0.1) is 0 Å². The summed E-state index contributed by atoms with van der Waals surface area (Å²) in [6.45, 7) is 6.24. The van der Waals surface area contributed by atoms with Crippen LogP contribution in [0.25, 0.3) is 0 Å². The largest absolute Gasteiger partial charge is 0.497 e. The zero-order valence-corrected chi connectivity index (χ0v) is 18.9. The van der Waals surface area contributed by atoms with Gasteiger partial charge in [-0.2, -0.15) is 0 Å². The quantitative estimate of drug-likeness (QED) is 0.598. The number of hydrogen-bond donors (Lipinski definition) is 1. The molecule has 0 bridgehead atoms. The zero-order chi connectivity index (χ0) is 22.1. The topological polar surface area (TPSA) is 58.6 Å². The van der Waals surface area contributed by atoms with Crippen molar-refractivity contribution in [3.05, 3.63) is 64.7 Å². The van der Waals surface area contributed by atoms with Crippen molar-refractivity contribution in [2.75, 3.05) is 7.11 Å². The van der Waals surface area contributed by atoms with Crippen molar-refractivity contribution >= 4 is 23.4 Å². The van der Waals surface area contributed by atoms with Gasteiger partial charge in [0.2, 0.25) is 11.8 Å². The average Bonchev–Trinajstić information content (AvgIpc) is 2.75. The minimum atomic E-state index is -0.551. The summed E-state index contributed by atoms with van der Waals surface area (Å²) < 4.78 is 5.31. The molecule has 0 aliphatic heterocycles. The van der Waals surface area contributed by atoms with E-state index in [-0.39, 0.29) is 24.3 Å². The van der Waals surface area contributed by atoms with Crippen LogP contribution in [-0.4, -0.2) is 35.9 Å². The van der Waals surface area contributed by atoms with Gasteiger partial charge >= 0.3 is 0 Å². The molecule has 0 fully saturated rings. The van der Waals surface area contributed by atoms with Crippen LogP contribution in [0.3, 0.4) is 0 Å². The summed E-state index contributed by atoms with van der Waals surface area (Å²) in [4.78, 5) is 27.9. The molecule has 162 valence electrons. The van der Waals surface area contributed by atoms with Crippen LogP contribution >= 0.6 is 11.6 Å². The number of carbonyl (C=O) groups is 2. The van der Waals surface area contributed by atoms with E-state index in [4.69, 9.17) is 16.3 Å². The number of nitrogens with one attached hydrogen (secondary N) is 1. The molecule has 6 heteroatoms. The lowest BCUT2D eigenvalue weighted by atomic mass is 10.1. The van der Waals surface area contributed by atoms with E-state index >= 15 is 0 Å². The third-order valence-corrected chi connectivity index (χ3v) is 5.39. The Morgan fingerprint density at radius 2 is 1.77 bits per heavy atom. The van der Waals surface area contributed by atoms with E-state index in [0.717, 1.165) is 23.3 Å². The maximum Gasteiger partial charge on any atom is 0.243 e. The minimum Gasteiger partial charge on any atom is -0.497 e. The van der Waals surface area contributed by atoms with Crippen LogP contribution in [0.2, 0.25) is 5.02 Å². The van der Waals surface area contributed by atoms with E-state index in [9.17, 15) is 9.59 Å². The van der Waals surface area contributed by atoms with Crippen LogP contribution in [-0.2, 0) is 22.6 Å². The van der Waals surface area contributed by atoms with Crippen molar-refractivity contribution in [2.24, 2.45) is 0 Å². The number of rotatable bonds is 10. The van der Waals surface area contributed by atoms with Crippen molar-refractivity contribution in [3.8, 4) is 5.75 Å². The fraction of sp³-hybridized carbons (Fsp3) is 0.417. The first-order valence-corrected chi connectivity index (χ1v) is 10.7. The molecule has 2 rings (SSSR count).